The molecule has 3 aromatic rings. The zero-order chi connectivity index (χ0) is 24.8. The summed E-state index contributed by atoms with van der Waals surface area (Å²) in [6.07, 6.45) is 4.69. The Labute approximate surface area is 204 Å². The van der Waals surface area contributed by atoms with E-state index in [0.29, 0.717) is 35.0 Å². The van der Waals surface area contributed by atoms with Gasteiger partial charge in [-0.05, 0) is 48.9 Å². The molecule has 1 atom stereocenters. The minimum absolute atomic E-state index is 0.00247. The number of hydrogen-bond acceptors (Lipinski definition) is 6. The first-order valence-corrected chi connectivity index (χ1v) is 11.7. The zero-order valence-corrected chi connectivity index (χ0v) is 19.9. The van der Waals surface area contributed by atoms with Crippen LogP contribution in [0.3, 0.4) is 0 Å². The molecule has 1 saturated heterocycles. The number of rotatable bonds is 10. The van der Waals surface area contributed by atoms with Gasteiger partial charge in [-0.3, -0.25) is 9.59 Å². The number of Topliss-reactive ketones (excluding diaryl/α,β-unsaturated/α-hetero) is 1. The summed E-state index contributed by atoms with van der Waals surface area (Å²) < 4.78 is 16.7. The summed E-state index contributed by atoms with van der Waals surface area (Å²) >= 11 is 0. The second kappa shape index (κ2) is 11.0. The molecule has 1 aromatic heterocycles. The quantitative estimate of drug-likeness (QED) is 0.181. The van der Waals surface area contributed by atoms with Crippen molar-refractivity contribution in [3.05, 3.63) is 89.4 Å². The zero-order valence-electron chi connectivity index (χ0n) is 19.9. The first-order chi connectivity index (χ1) is 17.0. The van der Waals surface area contributed by atoms with Gasteiger partial charge >= 0.3 is 0 Å². The standard InChI is InChI=1S/C28H29NO6/c1-3-4-7-16-34-20-14-12-19(13-15-20)26(30)24-25(22-10-5-6-11-23(22)33-2)29(28(32)27(24)31)18-21-9-8-17-35-21/h5-6,8-15,17,25,30H,3-4,7,16,18H2,1-2H3/b26-24-. The molecule has 0 aliphatic carbocycles. The Kier molecular flexibility index (Phi) is 7.55. The van der Waals surface area contributed by atoms with Gasteiger partial charge in [0.1, 0.15) is 23.0 Å². The molecule has 35 heavy (non-hydrogen) atoms. The van der Waals surface area contributed by atoms with Crippen molar-refractivity contribution in [1.29, 1.82) is 0 Å². The molecule has 1 fully saturated rings. The van der Waals surface area contributed by atoms with Crippen molar-refractivity contribution in [2.75, 3.05) is 13.7 Å². The fraction of sp³-hybridized carbons (Fsp3) is 0.286. The molecule has 0 spiro atoms. The molecule has 182 valence electrons. The SMILES string of the molecule is CCCCCOc1ccc(/C(O)=C2/C(=O)C(=O)N(Cc3ccco3)C2c2ccccc2OC)cc1. The number of aliphatic hydroxyl groups is 1. The highest BCUT2D eigenvalue weighted by molar-refractivity contribution is 6.46. The van der Waals surface area contributed by atoms with E-state index < -0.39 is 17.7 Å². The van der Waals surface area contributed by atoms with Crippen molar-refractivity contribution < 1.29 is 28.6 Å². The molecule has 2 aromatic carbocycles. The van der Waals surface area contributed by atoms with E-state index in [-0.39, 0.29) is 17.9 Å². The molecule has 4 rings (SSSR count). The maximum atomic E-state index is 13.2. The Morgan fingerprint density at radius 2 is 1.80 bits per heavy atom. The van der Waals surface area contributed by atoms with E-state index in [0.717, 1.165) is 19.3 Å². The molecule has 0 bridgehead atoms. The molecule has 1 unspecified atom stereocenters. The molecule has 1 aliphatic heterocycles. The van der Waals surface area contributed by atoms with Gasteiger partial charge in [0.05, 0.1) is 38.1 Å². The fourth-order valence-corrected chi connectivity index (χ4v) is 4.24. The number of furan rings is 1. The Morgan fingerprint density at radius 1 is 1.03 bits per heavy atom. The lowest BCUT2D eigenvalue weighted by atomic mass is 9.94. The minimum atomic E-state index is -0.846. The summed E-state index contributed by atoms with van der Waals surface area (Å²) in [4.78, 5) is 27.7. The van der Waals surface area contributed by atoms with E-state index in [4.69, 9.17) is 13.9 Å². The average Bonchev–Trinajstić information content (AvgIpc) is 3.49. The van der Waals surface area contributed by atoms with Crippen LogP contribution in [0.25, 0.3) is 5.76 Å². The second-order valence-electron chi connectivity index (χ2n) is 8.33. The topological polar surface area (TPSA) is 89.2 Å². The molecular formula is C28H29NO6. The third-order valence-corrected chi connectivity index (χ3v) is 6.02. The van der Waals surface area contributed by atoms with Gasteiger partial charge in [-0.1, -0.05) is 38.0 Å². The monoisotopic (exact) mass is 475 g/mol. The molecule has 7 heteroatoms. The van der Waals surface area contributed by atoms with Crippen molar-refractivity contribution in [2.45, 2.75) is 38.8 Å². The van der Waals surface area contributed by atoms with E-state index in [1.807, 2.05) is 0 Å². The van der Waals surface area contributed by atoms with Crippen LogP contribution in [0.5, 0.6) is 11.5 Å². The smallest absolute Gasteiger partial charge is 0.296 e. The van der Waals surface area contributed by atoms with Gasteiger partial charge in [-0.25, -0.2) is 0 Å². The lowest BCUT2D eigenvalue weighted by Crippen LogP contribution is -2.29. The van der Waals surface area contributed by atoms with Crippen LogP contribution < -0.4 is 9.47 Å². The number of hydrogen-bond donors (Lipinski definition) is 1. The van der Waals surface area contributed by atoms with Crippen molar-refractivity contribution in [1.82, 2.24) is 4.90 Å². The average molecular weight is 476 g/mol. The lowest BCUT2D eigenvalue weighted by Gasteiger charge is -2.25. The van der Waals surface area contributed by atoms with E-state index in [9.17, 15) is 14.7 Å². The maximum Gasteiger partial charge on any atom is 0.296 e. The number of ether oxygens (including phenoxy) is 2. The Bertz CT molecular complexity index is 1200. The van der Waals surface area contributed by atoms with Crippen molar-refractivity contribution in [3.8, 4) is 11.5 Å². The predicted molar refractivity (Wildman–Crippen MR) is 131 cm³/mol. The van der Waals surface area contributed by atoms with Crippen LogP contribution in [0, 0.1) is 0 Å². The number of amides is 1. The van der Waals surface area contributed by atoms with E-state index in [2.05, 4.69) is 6.92 Å². The number of methoxy groups -OCH3 is 1. The Morgan fingerprint density at radius 3 is 2.49 bits per heavy atom. The summed E-state index contributed by atoms with van der Waals surface area (Å²) in [6, 6.07) is 16.6. The number of unbranched alkanes of at least 4 members (excludes halogenated alkanes) is 2. The fourth-order valence-electron chi connectivity index (χ4n) is 4.24. The van der Waals surface area contributed by atoms with Gasteiger partial charge in [-0.15, -0.1) is 0 Å². The van der Waals surface area contributed by atoms with Crippen LogP contribution in [0.4, 0.5) is 0 Å². The Hall–Kier alpha value is -4.00. The number of likely N-dealkylation sites (tertiary alicyclic amines) is 1. The largest absolute Gasteiger partial charge is 0.507 e. The van der Waals surface area contributed by atoms with Gasteiger partial charge in [0.2, 0.25) is 0 Å². The molecular weight excluding hydrogens is 446 g/mol. The van der Waals surface area contributed by atoms with Crippen molar-refractivity contribution >= 4 is 17.4 Å². The minimum Gasteiger partial charge on any atom is -0.507 e. The highest BCUT2D eigenvalue weighted by Crippen LogP contribution is 2.43. The molecule has 0 saturated carbocycles. The van der Waals surface area contributed by atoms with Crippen LogP contribution in [-0.4, -0.2) is 35.4 Å². The molecule has 1 aliphatic rings. The first-order valence-electron chi connectivity index (χ1n) is 11.7. The summed E-state index contributed by atoms with van der Waals surface area (Å²) in [6.45, 7) is 2.82. The van der Waals surface area contributed by atoms with Crippen molar-refractivity contribution in [2.24, 2.45) is 0 Å². The van der Waals surface area contributed by atoms with Crippen molar-refractivity contribution in [3.63, 3.8) is 0 Å². The highest BCUT2D eigenvalue weighted by atomic mass is 16.5. The Balaban J connectivity index is 1.73. The number of aliphatic hydroxyl groups excluding tert-OH is 1. The molecule has 7 nitrogen and oxygen atoms in total. The van der Waals surface area contributed by atoms with Crippen LogP contribution >= 0.6 is 0 Å². The number of carbonyl (C=O) groups excluding carboxylic acids is 2. The van der Waals surface area contributed by atoms with Gasteiger partial charge in [0, 0.05) is 11.1 Å². The van der Waals surface area contributed by atoms with Gasteiger partial charge in [-0.2, -0.15) is 0 Å². The van der Waals surface area contributed by atoms with E-state index in [1.165, 1.54) is 18.3 Å². The highest BCUT2D eigenvalue weighted by Gasteiger charge is 2.47. The third kappa shape index (κ3) is 5.09. The van der Waals surface area contributed by atoms with Crippen LogP contribution in [-0.2, 0) is 16.1 Å². The van der Waals surface area contributed by atoms with E-state index in [1.54, 1.807) is 60.7 Å². The van der Waals surface area contributed by atoms with Crippen LogP contribution in [0.15, 0.2) is 76.9 Å². The molecule has 2 heterocycles. The number of benzene rings is 2. The summed E-state index contributed by atoms with van der Waals surface area (Å²) in [7, 11) is 1.52. The van der Waals surface area contributed by atoms with E-state index >= 15 is 0 Å². The number of nitrogens with zero attached hydrogens (tertiary/aromatic N) is 1. The first kappa shape index (κ1) is 24.1. The number of carbonyl (C=O) groups is 2. The molecule has 0 radical (unpaired) electrons. The predicted octanol–water partition coefficient (Wildman–Crippen LogP) is 5.48. The molecule has 1 amide bonds. The lowest BCUT2D eigenvalue weighted by molar-refractivity contribution is -0.140. The normalized spacial score (nSPS) is 17.1. The summed E-state index contributed by atoms with van der Waals surface area (Å²) in [5, 5.41) is 11.3. The maximum absolute atomic E-state index is 13.2. The summed E-state index contributed by atoms with van der Waals surface area (Å²) in [5.41, 5.74) is 1.02. The van der Waals surface area contributed by atoms with Gasteiger partial charge in [0.25, 0.3) is 11.7 Å². The molecule has 1 N–H and O–H groups in total. The number of ketones is 1. The van der Waals surface area contributed by atoms with Crippen LogP contribution in [0.2, 0.25) is 0 Å². The second-order valence-corrected chi connectivity index (χ2v) is 8.33. The van der Waals surface area contributed by atoms with Gasteiger partial charge in [0.15, 0.2) is 0 Å². The third-order valence-electron chi connectivity index (χ3n) is 6.02. The number of para-hydroxylation sites is 1. The van der Waals surface area contributed by atoms with Gasteiger partial charge < -0.3 is 23.9 Å². The van der Waals surface area contributed by atoms with Crippen LogP contribution in [0.1, 0.15) is 49.1 Å². The summed E-state index contributed by atoms with van der Waals surface area (Å²) in [5.74, 6) is -0.0162.